The molecule has 0 bridgehead atoms. The third-order valence-electron chi connectivity index (χ3n) is 3.41. The summed E-state index contributed by atoms with van der Waals surface area (Å²) in [5.41, 5.74) is 2.61. The smallest absolute Gasteiger partial charge is 0.101 e. The molecule has 0 radical (unpaired) electrons. The van der Waals surface area contributed by atoms with E-state index in [9.17, 15) is 0 Å². The molecule has 5 heteroatoms. The summed E-state index contributed by atoms with van der Waals surface area (Å²) in [6, 6.07) is 7.65. The lowest BCUT2D eigenvalue weighted by Crippen LogP contribution is -2.21. The number of anilines is 1. The second-order valence-electron chi connectivity index (χ2n) is 4.85. The third-order valence-corrected chi connectivity index (χ3v) is 4.36. The summed E-state index contributed by atoms with van der Waals surface area (Å²) in [6.07, 6.45) is 3.61. The van der Waals surface area contributed by atoms with Crippen molar-refractivity contribution in [1.29, 1.82) is 5.26 Å². The average molecular weight is 368 g/mol. The normalized spacial score (nSPS) is 16.0. The van der Waals surface area contributed by atoms with Gasteiger partial charge in [-0.1, -0.05) is 11.6 Å². The lowest BCUT2D eigenvalue weighted by molar-refractivity contribution is 0.270. The SMILES string of the molecule is COC1=C(C(C)Nc2ccc(C#N)cc2Br)C=C(Cl)CC1. The first kappa shape index (κ1) is 15.9. The molecule has 1 aliphatic rings. The van der Waals surface area contributed by atoms with E-state index in [4.69, 9.17) is 21.6 Å². The summed E-state index contributed by atoms with van der Waals surface area (Å²) in [5, 5.41) is 13.2. The van der Waals surface area contributed by atoms with Gasteiger partial charge in [0.15, 0.2) is 0 Å². The minimum atomic E-state index is 0.0539. The molecule has 0 amide bonds. The van der Waals surface area contributed by atoms with E-state index < -0.39 is 0 Å². The van der Waals surface area contributed by atoms with Crippen LogP contribution in [0.2, 0.25) is 0 Å². The van der Waals surface area contributed by atoms with Gasteiger partial charge in [-0.2, -0.15) is 5.26 Å². The summed E-state index contributed by atoms with van der Waals surface area (Å²) >= 11 is 9.63. The first-order valence-electron chi connectivity index (χ1n) is 6.64. The number of ether oxygens (including phenoxy) is 1. The standard InChI is InChI=1S/C16H16BrClN2O/c1-10(13-8-12(18)4-6-16(13)21-2)20-15-5-3-11(9-19)7-14(15)17/h3,5,7-8,10,20H,4,6H2,1-2H3. The van der Waals surface area contributed by atoms with Gasteiger partial charge in [0.25, 0.3) is 0 Å². The molecule has 1 unspecified atom stereocenters. The number of benzene rings is 1. The van der Waals surface area contributed by atoms with Crippen LogP contribution in [0.1, 0.15) is 25.3 Å². The van der Waals surface area contributed by atoms with Gasteiger partial charge in [0.1, 0.15) is 5.76 Å². The molecule has 2 rings (SSSR count). The Kier molecular flexibility index (Phi) is 5.33. The van der Waals surface area contributed by atoms with Crippen molar-refractivity contribution >= 4 is 33.2 Å². The Bertz CT molecular complexity index is 646. The van der Waals surface area contributed by atoms with Crippen LogP contribution in [0, 0.1) is 11.3 Å². The van der Waals surface area contributed by atoms with Crippen LogP contribution < -0.4 is 5.32 Å². The van der Waals surface area contributed by atoms with E-state index in [-0.39, 0.29) is 6.04 Å². The molecule has 0 saturated heterocycles. The van der Waals surface area contributed by atoms with Gasteiger partial charge in [-0.15, -0.1) is 0 Å². The van der Waals surface area contributed by atoms with E-state index in [1.165, 1.54) is 0 Å². The van der Waals surface area contributed by atoms with Crippen molar-refractivity contribution in [3.8, 4) is 6.07 Å². The van der Waals surface area contributed by atoms with Crippen molar-refractivity contribution < 1.29 is 4.74 Å². The third kappa shape index (κ3) is 3.81. The largest absolute Gasteiger partial charge is 0.501 e. The van der Waals surface area contributed by atoms with E-state index in [0.29, 0.717) is 5.56 Å². The highest BCUT2D eigenvalue weighted by Crippen LogP contribution is 2.31. The molecule has 21 heavy (non-hydrogen) atoms. The topological polar surface area (TPSA) is 45.0 Å². The molecule has 0 aliphatic heterocycles. The Morgan fingerprint density at radius 3 is 2.81 bits per heavy atom. The van der Waals surface area contributed by atoms with Crippen molar-refractivity contribution in [1.82, 2.24) is 0 Å². The summed E-state index contributed by atoms with van der Waals surface area (Å²) in [7, 11) is 1.69. The van der Waals surface area contributed by atoms with E-state index in [1.807, 2.05) is 12.1 Å². The van der Waals surface area contributed by atoms with Crippen LogP contribution in [0.4, 0.5) is 5.69 Å². The maximum atomic E-state index is 8.90. The summed E-state index contributed by atoms with van der Waals surface area (Å²) in [4.78, 5) is 0. The number of hydrogen-bond acceptors (Lipinski definition) is 3. The molecular formula is C16H16BrClN2O. The maximum absolute atomic E-state index is 8.90. The molecule has 0 spiro atoms. The minimum Gasteiger partial charge on any atom is -0.501 e. The molecule has 1 aliphatic carbocycles. The first-order valence-corrected chi connectivity index (χ1v) is 7.81. The number of nitrogens with zero attached hydrogens (tertiary/aromatic N) is 1. The maximum Gasteiger partial charge on any atom is 0.101 e. The molecule has 1 N–H and O–H groups in total. The second kappa shape index (κ2) is 7.02. The van der Waals surface area contributed by atoms with E-state index in [1.54, 1.807) is 19.2 Å². The van der Waals surface area contributed by atoms with Gasteiger partial charge in [0.2, 0.25) is 0 Å². The molecule has 0 aromatic heterocycles. The van der Waals surface area contributed by atoms with Crippen LogP contribution in [-0.2, 0) is 4.74 Å². The highest BCUT2D eigenvalue weighted by molar-refractivity contribution is 9.10. The van der Waals surface area contributed by atoms with Gasteiger partial charge < -0.3 is 10.1 Å². The monoisotopic (exact) mass is 366 g/mol. The van der Waals surface area contributed by atoms with Crippen molar-refractivity contribution in [2.45, 2.75) is 25.8 Å². The Balaban J connectivity index is 2.23. The van der Waals surface area contributed by atoms with E-state index in [2.05, 4.69) is 34.2 Å². The van der Waals surface area contributed by atoms with Gasteiger partial charge in [-0.3, -0.25) is 0 Å². The fourth-order valence-corrected chi connectivity index (χ4v) is 3.00. The Morgan fingerprint density at radius 1 is 1.43 bits per heavy atom. The number of methoxy groups -OCH3 is 1. The molecule has 1 aromatic carbocycles. The zero-order valence-electron chi connectivity index (χ0n) is 11.9. The predicted molar refractivity (Wildman–Crippen MR) is 89.1 cm³/mol. The molecule has 0 saturated carbocycles. The fraction of sp³-hybridized carbons (Fsp3) is 0.312. The van der Waals surface area contributed by atoms with Crippen LogP contribution in [0.15, 0.2) is 45.1 Å². The first-order chi connectivity index (χ1) is 10.0. The molecule has 110 valence electrons. The average Bonchev–Trinajstić information content (AvgIpc) is 2.49. The predicted octanol–water partition coefficient (Wildman–Crippen LogP) is 4.94. The zero-order chi connectivity index (χ0) is 15.4. The van der Waals surface area contributed by atoms with Crippen LogP contribution >= 0.6 is 27.5 Å². The lowest BCUT2D eigenvalue weighted by atomic mass is 9.99. The van der Waals surface area contributed by atoms with Crippen LogP contribution in [0.5, 0.6) is 0 Å². The van der Waals surface area contributed by atoms with Gasteiger partial charge >= 0.3 is 0 Å². The number of nitriles is 1. The summed E-state index contributed by atoms with van der Waals surface area (Å²) in [5.74, 6) is 0.962. The molecular weight excluding hydrogens is 352 g/mol. The molecule has 1 aromatic rings. The highest BCUT2D eigenvalue weighted by atomic mass is 79.9. The van der Waals surface area contributed by atoms with Gasteiger partial charge in [0.05, 0.1) is 24.8 Å². The van der Waals surface area contributed by atoms with Crippen molar-refractivity contribution in [2.24, 2.45) is 0 Å². The quantitative estimate of drug-likeness (QED) is 0.820. The number of hydrogen-bond donors (Lipinski definition) is 1. The number of nitrogens with one attached hydrogen (secondary N) is 1. The lowest BCUT2D eigenvalue weighted by Gasteiger charge is -2.23. The molecule has 0 fully saturated rings. The summed E-state index contributed by atoms with van der Waals surface area (Å²) in [6.45, 7) is 2.06. The molecule has 0 heterocycles. The molecule has 1 atom stereocenters. The second-order valence-corrected chi connectivity index (χ2v) is 6.19. The van der Waals surface area contributed by atoms with E-state index in [0.717, 1.165) is 39.4 Å². The Hall–Kier alpha value is -1.44. The van der Waals surface area contributed by atoms with Gasteiger partial charge in [-0.25, -0.2) is 0 Å². The number of allylic oxidation sites excluding steroid dienone is 2. The minimum absolute atomic E-state index is 0.0539. The van der Waals surface area contributed by atoms with Crippen molar-refractivity contribution in [2.75, 3.05) is 12.4 Å². The van der Waals surface area contributed by atoms with Crippen LogP contribution in [0.25, 0.3) is 0 Å². The zero-order valence-corrected chi connectivity index (χ0v) is 14.3. The Labute approximate surface area is 138 Å². The number of halogens is 2. The van der Waals surface area contributed by atoms with Crippen molar-refractivity contribution in [3.05, 3.63) is 50.7 Å². The highest BCUT2D eigenvalue weighted by Gasteiger charge is 2.19. The number of rotatable bonds is 4. The van der Waals surface area contributed by atoms with Crippen LogP contribution in [0.3, 0.4) is 0 Å². The molecule has 3 nitrogen and oxygen atoms in total. The van der Waals surface area contributed by atoms with Crippen molar-refractivity contribution in [3.63, 3.8) is 0 Å². The fourth-order valence-electron chi connectivity index (χ4n) is 2.30. The van der Waals surface area contributed by atoms with Gasteiger partial charge in [0, 0.05) is 27.2 Å². The summed E-state index contributed by atoms with van der Waals surface area (Å²) < 4.78 is 6.32. The Morgan fingerprint density at radius 2 is 2.19 bits per heavy atom. The van der Waals surface area contributed by atoms with Crippen LogP contribution in [-0.4, -0.2) is 13.2 Å². The van der Waals surface area contributed by atoms with Gasteiger partial charge in [-0.05, 0) is 53.5 Å². The van der Waals surface area contributed by atoms with E-state index >= 15 is 0 Å².